The number of amides is 1. The third-order valence-electron chi connectivity index (χ3n) is 6.92. The first-order valence-corrected chi connectivity index (χ1v) is 12.2. The molecule has 10 heteroatoms. The van der Waals surface area contributed by atoms with Crippen molar-refractivity contribution >= 4 is 39.6 Å². The number of pyridine rings is 1. The molecule has 0 radical (unpaired) electrons. The number of fused-ring (bicyclic) bond motifs is 3. The van der Waals surface area contributed by atoms with Gasteiger partial charge in [0.05, 0.1) is 24.1 Å². The van der Waals surface area contributed by atoms with Gasteiger partial charge in [0.25, 0.3) is 5.91 Å². The van der Waals surface area contributed by atoms with Crippen molar-refractivity contribution in [2.24, 2.45) is 7.05 Å². The molecule has 1 amide bonds. The molecule has 2 fully saturated rings. The topological polar surface area (TPSA) is 106 Å². The molecule has 2 N–H and O–H groups in total. The average Bonchev–Trinajstić information content (AvgIpc) is 3.75. The summed E-state index contributed by atoms with van der Waals surface area (Å²) in [5.74, 6) is 1.30. The maximum atomic E-state index is 13.7. The zero-order valence-electron chi connectivity index (χ0n) is 19.8. The van der Waals surface area contributed by atoms with Gasteiger partial charge in [-0.3, -0.25) is 9.48 Å². The fourth-order valence-electron chi connectivity index (χ4n) is 5.00. The summed E-state index contributed by atoms with van der Waals surface area (Å²) in [6, 6.07) is 4.59. The van der Waals surface area contributed by atoms with Crippen LogP contribution in [-0.2, 0) is 26.7 Å². The second-order valence-corrected chi connectivity index (χ2v) is 9.32. The maximum Gasteiger partial charge on any atom is 0.271 e. The van der Waals surface area contributed by atoms with E-state index in [0.717, 1.165) is 53.4 Å². The van der Waals surface area contributed by atoms with Crippen LogP contribution in [0.5, 0.6) is 0 Å². The summed E-state index contributed by atoms with van der Waals surface area (Å²) < 4.78 is 5.76. The molecule has 0 spiro atoms. The molecule has 0 aliphatic heterocycles. The van der Waals surface area contributed by atoms with Crippen LogP contribution in [0.4, 0.5) is 11.6 Å². The molecular formula is C24H30N8O2. The fourth-order valence-corrected chi connectivity index (χ4v) is 5.00. The fraction of sp³-hybridized carbons (Fsp3) is 0.500. The maximum absolute atomic E-state index is 13.7. The summed E-state index contributed by atoms with van der Waals surface area (Å²) in [4.78, 5) is 25.4. The molecule has 4 aromatic rings. The van der Waals surface area contributed by atoms with Crippen molar-refractivity contribution in [3.05, 3.63) is 29.8 Å². The number of imidazole rings is 1. The van der Waals surface area contributed by atoms with Gasteiger partial charge in [-0.15, -0.1) is 0 Å². The Bertz CT molecular complexity index is 1370. The standard InChI is InChI=1S/C24H30N8O2/c1-4-30-18(24(34)32(14-6-7-14)15-8-9-15)11-17-21-20(25-13-29(21)3)22(27-23(17)30)26-19-10-16(12-33)31(5-2)28-19/h10-11,13-15,33H,4-9,12H2,1-3H3,(H,26,27,28). The summed E-state index contributed by atoms with van der Waals surface area (Å²) in [7, 11) is 1.96. The van der Waals surface area contributed by atoms with Crippen molar-refractivity contribution in [1.29, 1.82) is 0 Å². The second-order valence-electron chi connectivity index (χ2n) is 9.32. The highest BCUT2D eigenvalue weighted by Gasteiger charge is 2.43. The lowest BCUT2D eigenvalue weighted by Crippen LogP contribution is -2.36. The molecule has 0 atom stereocenters. The van der Waals surface area contributed by atoms with Crippen LogP contribution in [-0.4, -0.2) is 56.9 Å². The number of rotatable bonds is 8. The van der Waals surface area contributed by atoms with Crippen LogP contribution in [0.15, 0.2) is 18.5 Å². The smallest absolute Gasteiger partial charge is 0.271 e. The van der Waals surface area contributed by atoms with Gasteiger partial charge < -0.3 is 24.5 Å². The second kappa shape index (κ2) is 7.83. The monoisotopic (exact) mass is 462 g/mol. The van der Waals surface area contributed by atoms with E-state index in [1.165, 1.54) is 0 Å². The highest BCUT2D eigenvalue weighted by Crippen LogP contribution is 2.39. The highest BCUT2D eigenvalue weighted by atomic mass is 16.3. The van der Waals surface area contributed by atoms with Crippen molar-refractivity contribution in [2.75, 3.05) is 5.32 Å². The Kier molecular flexibility index (Phi) is 4.87. The van der Waals surface area contributed by atoms with E-state index in [1.54, 1.807) is 11.0 Å². The van der Waals surface area contributed by atoms with Crippen molar-refractivity contribution in [3.8, 4) is 0 Å². The molecule has 0 bridgehead atoms. The van der Waals surface area contributed by atoms with E-state index in [9.17, 15) is 9.90 Å². The van der Waals surface area contributed by atoms with Gasteiger partial charge in [-0.05, 0) is 45.6 Å². The number of aliphatic hydroxyl groups is 1. The third kappa shape index (κ3) is 3.27. The molecular weight excluding hydrogens is 432 g/mol. The van der Waals surface area contributed by atoms with Gasteiger partial charge in [-0.1, -0.05) is 0 Å². The van der Waals surface area contributed by atoms with Crippen LogP contribution in [0, 0.1) is 0 Å². The van der Waals surface area contributed by atoms with Crippen molar-refractivity contribution in [3.63, 3.8) is 0 Å². The summed E-state index contributed by atoms with van der Waals surface area (Å²) in [6.45, 7) is 5.24. The van der Waals surface area contributed by atoms with E-state index in [0.29, 0.717) is 42.5 Å². The van der Waals surface area contributed by atoms with Crippen LogP contribution >= 0.6 is 0 Å². The predicted octanol–water partition coefficient (Wildman–Crippen LogP) is 3.16. The third-order valence-corrected chi connectivity index (χ3v) is 6.92. The number of hydrogen-bond acceptors (Lipinski definition) is 6. The number of aromatic nitrogens is 6. The van der Waals surface area contributed by atoms with E-state index in [-0.39, 0.29) is 12.5 Å². The van der Waals surface area contributed by atoms with Crippen LogP contribution in [0.2, 0.25) is 0 Å². The van der Waals surface area contributed by atoms with Gasteiger partial charge in [0.15, 0.2) is 11.6 Å². The Morgan fingerprint density at radius 2 is 1.91 bits per heavy atom. The number of nitrogens with one attached hydrogen (secondary N) is 1. The molecule has 2 saturated carbocycles. The number of hydrogen-bond donors (Lipinski definition) is 2. The van der Waals surface area contributed by atoms with E-state index >= 15 is 0 Å². The SMILES string of the molecule is CCn1nc(Nc2nc3c(cc(C(=O)N(C4CC4)C4CC4)n3CC)c3c2ncn3C)cc1CO. The average molecular weight is 463 g/mol. The van der Waals surface area contributed by atoms with E-state index in [1.807, 2.05) is 42.2 Å². The Balaban J connectivity index is 1.49. The van der Waals surface area contributed by atoms with E-state index in [4.69, 9.17) is 4.98 Å². The largest absolute Gasteiger partial charge is 0.390 e. The first-order chi connectivity index (χ1) is 16.5. The molecule has 2 aliphatic carbocycles. The summed E-state index contributed by atoms with van der Waals surface area (Å²) in [5, 5.41) is 18.4. The Morgan fingerprint density at radius 1 is 1.18 bits per heavy atom. The van der Waals surface area contributed by atoms with E-state index < -0.39 is 0 Å². The van der Waals surface area contributed by atoms with Gasteiger partial charge in [0, 0.05) is 43.7 Å². The number of carbonyl (C=O) groups is 1. The number of anilines is 2. The minimum absolute atomic E-state index is 0.0867. The summed E-state index contributed by atoms with van der Waals surface area (Å²) in [5.41, 5.74) is 3.83. The predicted molar refractivity (Wildman–Crippen MR) is 129 cm³/mol. The number of aryl methyl sites for hydroxylation is 3. The lowest BCUT2D eigenvalue weighted by Gasteiger charge is -2.22. The molecule has 0 unspecified atom stereocenters. The van der Waals surface area contributed by atoms with Crippen LogP contribution < -0.4 is 5.32 Å². The minimum atomic E-state index is -0.0867. The lowest BCUT2D eigenvalue weighted by atomic mass is 10.2. The normalized spacial score (nSPS) is 16.0. The molecule has 4 aromatic heterocycles. The molecule has 178 valence electrons. The first-order valence-electron chi connectivity index (χ1n) is 12.2. The number of carbonyl (C=O) groups excluding carboxylic acids is 1. The minimum Gasteiger partial charge on any atom is -0.390 e. The molecule has 0 saturated heterocycles. The van der Waals surface area contributed by atoms with Crippen molar-refractivity contribution < 1.29 is 9.90 Å². The Labute approximate surface area is 197 Å². The van der Waals surface area contributed by atoms with Crippen molar-refractivity contribution in [2.45, 2.75) is 71.3 Å². The molecule has 34 heavy (non-hydrogen) atoms. The molecule has 10 nitrogen and oxygen atoms in total. The van der Waals surface area contributed by atoms with Crippen LogP contribution in [0.3, 0.4) is 0 Å². The highest BCUT2D eigenvalue weighted by molar-refractivity contribution is 6.10. The first kappa shape index (κ1) is 21.2. The van der Waals surface area contributed by atoms with Gasteiger partial charge in [-0.2, -0.15) is 5.10 Å². The summed E-state index contributed by atoms with van der Waals surface area (Å²) >= 11 is 0. The van der Waals surface area contributed by atoms with Gasteiger partial charge in [-0.25, -0.2) is 9.97 Å². The zero-order valence-corrected chi connectivity index (χ0v) is 19.8. The van der Waals surface area contributed by atoms with Gasteiger partial charge >= 0.3 is 0 Å². The molecule has 6 rings (SSSR count). The number of aliphatic hydroxyl groups excluding tert-OH is 1. The quantitative estimate of drug-likeness (QED) is 0.417. The van der Waals surface area contributed by atoms with Gasteiger partial charge in [0.2, 0.25) is 0 Å². The van der Waals surface area contributed by atoms with Crippen molar-refractivity contribution in [1.82, 2.24) is 33.8 Å². The molecule has 2 aliphatic rings. The lowest BCUT2D eigenvalue weighted by molar-refractivity contribution is 0.0719. The number of nitrogens with zero attached hydrogens (tertiary/aromatic N) is 7. The molecule has 4 heterocycles. The zero-order chi connectivity index (χ0) is 23.6. The van der Waals surface area contributed by atoms with Crippen LogP contribution in [0.25, 0.3) is 22.1 Å². The summed E-state index contributed by atoms with van der Waals surface area (Å²) in [6.07, 6.45) is 6.19. The Hall–Kier alpha value is -3.40. The van der Waals surface area contributed by atoms with Gasteiger partial charge in [0.1, 0.15) is 16.9 Å². The Morgan fingerprint density at radius 3 is 2.50 bits per heavy atom. The molecule has 0 aromatic carbocycles. The van der Waals surface area contributed by atoms with E-state index in [2.05, 4.69) is 20.3 Å². The van der Waals surface area contributed by atoms with Crippen LogP contribution in [0.1, 0.15) is 55.7 Å².